The number of fused-ring (bicyclic) bond motifs is 2. The molecule has 3 heterocycles. The van der Waals surface area contributed by atoms with Crippen LogP contribution in [-0.2, 0) is 28.8 Å². The van der Waals surface area contributed by atoms with Crippen molar-refractivity contribution in [1.82, 2.24) is 5.32 Å². The van der Waals surface area contributed by atoms with E-state index in [0.29, 0.717) is 17.1 Å². The first-order valence-electron chi connectivity index (χ1n) is 11.3. The fourth-order valence-corrected chi connectivity index (χ4v) is 6.00. The molecule has 6 nitrogen and oxygen atoms in total. The summed E-state index contributed by atoms with van der Waals surface area (Å²) in [5, 5.41) is 7.67. The zero-order valence-electron chi connectivity index (χ0n) is 18.5. The molecule has 3 aromatic rings. The fraction of sp³-hybridized carbons (Fsp3) is 0.440. The average molecular weight is 453 g/mol. The second-order valence-electron chi connectivity index (χ2n) is 8.78. The van der Waals surface area contributed by atoms with E-state index in [4.69, 9.17) is 9.15 Å². The van der Waals surface area contributed by atoms with E-state index in [1.807, 2.05) is 19.9 Å². The molecule has 2 N–H and O–H groups in total. The highest BCUT2D eigenvalue weighted by atomic mass is 32.1. The van der Waals surface area contributed by atoms with Crippen molar-refractivity contribution in [2.24, 2.45) is 0 Å². The van der Waals surface area contributed by atoms with E-state index in [1.165, 1.54) is 16.2 Å². The first-order valence-corrected chi connectivity index (χ1v) is 12.1. The number of carbonyl (C=O) groups excluding carboxylic acids is 2. The topological polar surface area (TPSA) is 80.6 Å². The minimum absolute atomic E-state index is 0.0881. The Kier molecular flexibility index (Phi) is 5.78. The maximum absolute atomic E-state index is 13.1. The van der Waals surface area contributed by atoms with Crippen molar-refractivity contribution in [3.8, 4) is 0 Å². The minimum atomic E-state index is -0.140. The number of anilines is 1. The Morgan fingerprint density at radius 3 is 2.88 bits per heavy atom. The SMILES string of the molecule is Cc1ccc2c(CC(=O)Nc3sc4c(c3C(=O)NCC3CCCO3)CCC4)coc2c1C. The number of rotatable bonds is 6. The third-order valence-electron chi connectivity index (χ3n) is 6.61. The lowest BCUT2D eigenvalue weighted by molar-refractivity contribution is -0.115. The van der Waals surface area contributed by atoms with Crippen LogP contribution in [0.4, 0.5) is 5.00 Å². The average Bonchev–Trinajstić information content (AvgIpc) is 3.54. The Balaban J connectivity index is 1.33. The number of benzene rings is 1. The van der Waals surface area contributed by atoms with Gasteiger partial charge in [0.15, 0.2) is 0 Å². The molecule has 1 fully saturated rings. The molecule has 1 aliphatic heterocycles. The number of nitrogens with one attached hydrogen (secondary N) is 2. The Bertz CT molecular complexity index is 1190. The van der Waals surface area contributed by atoms with Gasteiger partial charge in [-0.15, -0.1) is 11.3 Å². The predicted octanol–water partition coefficient (Wildman–Crippen LogP) is 4.69. The summed E-state index contributed by atoms with van der Waals surface area (Å²) >= 11 is 1.54. The van der Waals surface area contributed by atoms with Gasteiger partial charge in [0.1, 0.15) is 10.6 Å². The molecule has 2 amide bonds. The number of furan rings is 1. The summed E-state index contributed by atoms with van der Waals surface area (Å²) in [4.78, 5) is 27.2. The van der Waals surface area contributed by atoms with Gasteiger partial charge in [-0.25, -0.2) is 0 Å². The highest BCUT2D eigenvalue weighted by Crippen LogP contribution is 2.39. The van der Waals surface area contributed by atoms with Gasteiger partial charge in [0.25, 0.3) is 5.91 Å². The predicted molar refractivity (Wildman–Crippen MR) is 126 cm³/mol. The lowest BCUT2D eigenvalue weighted by Gasteiger charge is -2.12. The van der Waals surface area contributed by atoms with Crippen LogP contribution in [-0.4, -0.2) is 31.1 Å². The Hall–Kier alpha value is -2.64. The fourth-order valence-electron chi connectivity index (χ4n) is 4.70. The molecule has 7 heteroatoms. The van der Waals surface area contributed by atoms with E-state index in [0.717, 1.165) is 71.9 Å². The summed E-state index contributed by atoms with van der Waals surface area (Å²) in [5.74, 6) is -0.255. The van der Waals surface area contributed by atoms with Crippen LogP contribution in [0.1, 0.15) is 56.8 Å². The van der Waals surface area contributed by atoms with Crippen molar-refractivity contribution in [2.75, 3.05) is 18.5 Å². The van der Waals surface area contributed by atoms with Gasteiger partial charge in [-0.05, 0) is 62.6 Å². The van der Waals surface area contributed by atoms with E-state index in [-0.39, 0.29) is 24.3 Å². The van der Waals surface area contributed by atoms with Gasteiger partial charge in [0.05, 0.1) is 24.4 Å². The lowest BCUT2D eigenvalue weighted by atomic mass is 10.0. The number of ether oxygens (including phenoxy) is 1. The number of amides is 2. The van der Waals surface area contributed by atoms with Crippen LogP contribution < -0.4 is 10.6 Å². The molecule has 1 atom stereocenters. The van der Waals surface area contributed by atoms with Crippen LogP contribution in [0.3, 0.4) is 0 Å². The van der Waals surface area contributed by atoms with Crippen LogP contribution in [0.25, 0.3) is 11.0 Å². The first-order chi connectivity index (χ1) is 15.5. The summed E-state index contributed by atoms with van der Waals surface area (Å²) in [6, 6.07) is 4.06. The van der Waals surface area contributed by atoms with Crippen LogP contribution in [0, 0.1) is 13.8 Å². The van der Waals surface area contributed by atoms with Gasteiger partial charge in [-0.3, -0.25) is 9.59 Å². The molecule has 1 saturated heterocycles. The Labute approximate surface area is 191 Å². The summed E-state index contributed by atoms with van der Waals surface area (Å²) < 4.78 is 11.4. The first kappa shape index (κ1) is 21.2. The molecule has 168 valence electrons. The highest BCUT2D eigenvalue weighted by molar-refractivity contribution is 7.17. The van der Waals surface area contributed by atoms with Crippen LogP contribution >= 0.6 is 11.3 Å². The second-order valence-corrected chi connectivity index (χ2v) is 9.88. The van der Waals surface area contributed by atoms with E-state index >= 15 is 0 Å². The molecule has 0 bridgehead atoms. The molecule has 5 rings (SSSR count). The largest absolute Gasteiger partial charge is 0.464 e. The molecule has 2 aromatic heterocycles. The lowest BCUT2D eigenvalue weighted by Crippen LogP contribution is -2.32. The molecule has 32 heavy (non-hydrogen) atoms. The molecule has 0 radical (unpaired) electrons. The summed E-state index contributed by atoms with van der Waals surface area (Å²) in [7, 11) is 0. The molecule has 1 aliphatic carbocycles. The standard InChI is InChI=1S/C25H28N2O4S/c1-14-8-9-18-16(13-31-23(18)15(14)2)11-21(28)27-25-22(19-6-3-7-20(19)32-25)24(29)26-12-17-5-4-10-30-17/h8-9,13,17H,3-7,10-12H2,1-2H3,(H,26,29)(H,27,28). The zero-order chi connectivity index (χ0) is 22.2. The molecule has 1 aromatic carbocycles. The second kappa shape index (κ2) is 8.71. The molecular formula is C25H28N2O4S. The van der Waals surface area contributed by atoms with Gasteiger partial charge in [-0.2, -0.15) is 0 Å². The zero-order valence-corrected chi connectivity index (χ0v) is 19.3. The monoisotopic (exact) mass is 452 g/mol. The quantitative estimate of drug-likeness (QED) is 0.569. The molecule has 0 saturated carbocycles. The molecule has 2 aliphatic rings. The Morgan fingerprint density at radius 1 is 1.19 bits per heavy atom. The van der Waals surface area contributed by atoms with Crippen molar-refractivity contribution < 1.29 is 18.7 Å². The van der Waals surface area contributed by atoms with Gasteiger partial charge < -0.3 is 19.8 Å². The van der Waals surface area contributed by atoms with Crippen LogP contribution in [0.15, 0.2) is 22.8 Å². The van der Waals surface area contributed by atoms with Crippen LogP contribution in [0.2, 0.25) is 0 Å². The highest BCUT2D eigenvalue weighted by Gasteiger charge is 2.28. The van der Waals surface area contributed by atoms with E-state index in [9.17, 15) is 9.59 Å². The smallest absolute Gasteiger partial charge is 0.254 e. The summed E-state index contributed by atoms with van der Waals surface area (Å²) in [6.45, 7) is 5.35. The maximum atomic E-state index is 13.1. The number of hydrogen-bond donors (Lipinski definition) is 2. The van der Waals surface area contributed by atoms with Crippen LogP contribution in [0.5, 0.6) is 0 Å². The van der Waals surface area contributed by atoms with E-state index < -0.39 is 0 Å². The minimum Gasteiger partial charge on any atom is -0.464 e. The third-order valence-corrected chi connectivity index (χ3v) is 7.82. The molecular weight excluding hydrogens is 424 g/mol. The number of carbonyl (C=O) groups is 2. The van der Waals surface area contributed by atoms with Gasteiger partial charge in [-0.1, -0.05) is 12.1 Å². The van der Waals surface area contributed by atoms with Gasteiger partial charge >= 0.3 is 0 Å². The number of thiophene rings is 1. The van der Waals surface area contributed by atoms with Crippen molar-refractivity contribution in [3.05, 3.63) is 51.1 Å². The molecule has 1 unspecified atom stereocenters. The van der Waals surface area contributed by atoms with E-state index in [2.05, 4.69) is 16.7 Å². The van der Waals surface area contributed by atoms with Gasteiger partial charge in [0.2, 0.25) is 5.91 Å². The van der Waals surface area contributed by atoms with E-state index in [1.54, 1.807) is 6.26 Å². The van der Waals surface area contributed by atoms with Crippen molar-refractivity contribution in [2.45, 2.75) is 58.5 Å². The number of hydrogen-bond acceptors (Lipinski definition) is 5. The maximum Gasteiger partial charge on any atom is 0.254 e. The normalized spacial score (nSPS) is 17.6. The summed E-state index contributed by atoms with van der Waals surface area (Å²) in [5.41, 5.74) is 5.67. The third kappa shape index (κ3) is 3.95. The van der Waals surface area contributed by atoms with Crippen molar-refractivity contribution in [1.29, 1.82) is 0 Å². The number of aryl methyl sites for hydroxylation is 3. The van der Waals surface area contributed by atoms with Crippen molar-refractivity contribution >= 4 is 39.1 Å². The molecule has 0 spiro atoms. The Morgan fingerprint density at radius 2 is 2.06 bits per heavy atom. The summed E-state index contributed by atoms with van der Waals surface area (Å²) in [6.07, 6.45) is 6.88. The van der Waals surface area contributed by atoms with Gasteiger partial charge in [0, 0.05) is 29.0 Å². The van der Waals surface area contributed by atoms with Crippen molar-refractivity contribution in [3.63, 3.8) is 0 Å².